The summed E-state index contributed by atoms with van der Waals surface area (Å²) in [5, 5.41) is 5.63. The van der Waals surface area contributed by atoms with Gasteiger partial charge < -0.3 is 0 Å². The lowest BCUT2D eigenvalue weighted by Gasteiger charge is -2.00. The van der Waals surface area contributed by atoms with Crippen LogP contribution in [0, 0.1) is 6.92 Å². The number of halogens is 3. The third-order valence-electron chi connectivity index (χ3n) is 2.63. The second kappa shape index (κ2) is 5.01. The maximum Gasteiger partial charge on any atom is 0.107 e. The standard InChI is InChI=1S/C12H11BrCl2N2/c1-3-17-7(2)11(13)12(16-17)8-4-5-9(14)10(15)6-8/h4-6H,3H2,1-2H3. The molecular formula is C12H11BrCl2N2. The fourth-order valence-corrected chi connectivity index (χ4v) is 2.47. The summed E-state index contributed by atoms with van der Waals surface area (Å²) in [6, 6.07) is 5.53. The van der Waals surface area contributed by atoms with Gasteiger partial charge in [-0.1, -0.05) is 29.3 Å². The molecule has 0 aliphatic rings. The Morgan fingerprint density at radius 3 is 2.53 bits per heavy atom. The zero-order chi connectivity index (χ0) is 12.6. The van der Waals surface area contributed by atoms with Crippen LogP contribution in [0.5, 0.6) is 0 Å². The number of rotatable bonds is 2. The minimum atomic E-state index is 0.541. The molecule has 0 aliphatic heterocycles. The zero-order valence-electron chi connectivity index (χ0n) is 9.47. The van der Waals surface area contributed by atoms with Gasteiger partial charge in [0, 0.05) is 12.1 Å². The molecule has 0 atom stereocenters. The Bertz CT molecular complexity index is 564. The van der Waals surface area contributed by atoms with Crippen molar-refractivity contribution in [3.05, 3.63) is 38.4 Å². The molecule has 1 heterocycles. The fourth-order valence-electron chi connectivity index (χ4n) is 1.66. The predicted molar refractivity (Wildman–Crippen MR) is 75.8 cm³/mol. The molecule has 2 nitrogen and oxygen atoms in total. The summed E-state index contributed by atoms with van der Waals surface area (Å²) in [6.07, 6.45) is 0. The van der Waals surface area contributed by atoms with Crippen molar-refractivity contribution in [1.82, 2.24) is 9.78 Å². The highest BCUT2D eigenvalue weighted by Gasteiger charge is 2.14. The Morgan fingerprint density at radius 1 is 1.29 bits per heavy atom. The Hall–Kier alpha value is -0.510. The monoisotopic (exact) mass is 332 g/mol. The first-order valence-electron chi connectivity index (χ1n) is 5.23. The van der Waals surface area contributed by atoms with E-state index < -0.39 is 0 Å². The molecule has 0 unspecified atom stereocenters. The van der Waals surface area contributed by atoms with Crippen molar-refractivity contribution in [2.75, 3.05) is 0 Å². The molecule has 0 saturated carbocycles. The molecule has 0 spiro atoms. The van der Waals surface area contributed by atoms with Gasteiger partial charge in [0.05, 0.1) is 20.2 Å². The summed E-state index contributed by atoms with van der Waals surface area (Å²) in [4.78, 5) is 0. The summed E-state index contributed by atoms with van der Waals surface area (Å²) in [7, 11) is 0. The first-order chi connectivity index (χ1) is 8.04. The van der Waals surface area contributed by atoms with E-state index in [1.54, 1.807) is 6.07 Å². The molecule has 90 valence electrons. The van der Waals surface area contributed by atoms with Crippen molar-refractivity contribution >= 4 is 39.1 Å². The van der Waals surface area contributed by atoms with E-state index in [0.29, 0.717) is 10.0 Å². The van der Waals surface area contributed by atoms with Gasteiger partial charge in [-0.15, -0.1) is 0 Å². The lowest BCUT2D eigenvalue weighted by Crippen LogP contribution is -1.98. The van der Waals surface area contributed by atoms with Crippen molar-refractivity contribution in [3.63, 3.8) is 0 Å². The molecule has 0 N–H and O–H groups in total. The summed E-state index contributed by atoms with van der Waals surface area (Å²) < 4.78 is 2.94. The number of aromatic nitrogens is 2. The minimum absolute atomic E-state index is 0.541. The van der Waals surface area contributed by atoms with Crippen LogP contribution >= 0.6 is 39.1 Å². The molecular weight excluding hydrogens is 323 g/mol. The molecule has 2 rings (SSSR count). The lowest BCUT2D eigenvalue weighted by molar-refractivity contribution is 0.641. The zero-order valence-corrected chi connectivity index (χ0v) is 12.6. The molecule has 17 heavy (non-hydrogen) atoms. The van der Waals surface area contributed by atoms with Gasteiger partial charge in [0.25, 0.3) is 0 Å². The topological polar surface area (TPSA) is 17.8 Å². The van der Waals surface area contributed by atoms with E-state index in [2.05, 4.69) is 28.0 Å². The van der Waals surface area contributed by atoms with Gasteiger partial charge in [-0.25, -0.2) is 0 Å². The molecule has 2 aromatic rings. The second-order valence-corrected chi connectivity index (χ2v) is 5.30. The van der Waals surface area contributed by atoms with Crippen LogP contribution in [-0.2, 0) is 6.54 Å². The van der Waals surface area contributed by atoms with Gasteiger partial charge in [0.2, 0.25) is 0 Å². The van der Waals surface area contributed by atoms with Gasteiger partial charge in [-0.05, 0) is 41.9 Å². The molecule has 0 amide bonds. The van der Waals surface area contributed by atoms with Crippen LogP contribution in [0.25, 0.3) is 11.3 Å². The average molecular weight is 334 g/mol. The van der Waals surface area contributed by atoms with E-state index in [0.717, 1.165) is 28.0 Å². The Morgan fingerprint density at radius 2 is 2.00 bits per heavy atom. The van der Waals surface area contributed by atoms with Crippen LogP contribution in [0.3, 0.4) is 0 Å². The molecule has 5 heteroatoms. The van der Waals surface area contributed by atoms with E-state index in [9.17, 15) is 0 Å². The maximum atomic E-state index is 6.01. The normalized spacial score (nSPS) is 10.9. The molecule has 1 aromatic carbocycles. The van der Waals surface area contributed by atoms with Crippen molar-refractivity contribution < 1.29 is 0 Å². The van der Waals surface area contributed by atoms with Crippen molar-refractivity contribution in [1.29, 1.82) is 0 Å². The summed E-state index contributed by atoms with van der Waals surface area (Å²) >= 11 is 15.5. The largest absolute Gasteiger partial charge is 0.268 e. The van der Waals surface area contributed by atoms with Crippen LogP contribution in [0.2, 0.25) is 10.0 Å². The molecule has 0 radical (unpaired) electrons. The molecule has 0 bridgehead atoms. The molecule has 0 saturated heterocycles. The SMILES string of the molecule is CCn1nc(-c2ccc(Cl)c(Cl)c2)c(Br)c1C. The molecule has 1 aromatic heterocycles. The van der Waals surface area contributed by atoms with Gasteiger partial charge in [0.15, 0.2) is 0 Å². The average Bonchev–Trinajstić information content (AvgIpc) is 2.60. The Balaban J connectivity index is 2.56. The summed E-state index contributed by atoms with van der Waals surface area (Å²) in [6.45, 7) is 4.93. The summed E-state index contributed by atoms with van der Waals surface area (Å²) in [5.41, 5.74) is 2.96. The van der Waals surface area contributed by atoms with Crippen LogP contribution in [-0.4, -0.2) is 9.78 Å². The predicted octanol–water partition coefficient (Wildman–Crippen LogP) is 4.95. The fraction of sp³-hybridized carbons (Fsp3) is 0.250. The summed E-state index contributed by atoms with van der Waals surface area (Å²) in [5.74, 6) is 0. The van der Waals surface area contributed by atoms with Crippen molar-refractivity contribution in [3.8, 4) is 11.3 Å². The number of hydrogen-bond acceptors (Lipinski definition) is 1. The molecule has 0 aliphatic carbocycles. The van der Waals surface area contributed by atoms with Gasteiger partial charge >= 0.3 is 0 Å². The smallest absolute Gasteiger partial charge is 0.107 e. The quantitative estimate of drug-likeness (QED) is 0.760. The second-order valence-electron chi connectivity index (χ2n) is 3.69. The number of benzene rings is 1. The maximum absolute atomic E-state index is 6.01. The third-order valence-corrected chi connectivity index (χ3v) is 4.31. The van der Waals surface area contributed by atoms with Crippen molar-refractivity contribution in [2.24, 2.45) is 0 Å². The lowest BCUT2D eigenvalue weighted by atomic mass is 10.1. The van der Waals surface area contributed by atoms with Gasteiger partial charge in [0.1, 0.15) is 5.69 Å². The van der Waals surface area contributed by atoms with E-state index >= 15 is 0 Å². The van der Waals surface area contributed by atoms with Crippen LogP contribution in [0.4, 0.5) is 0 Å². The van der Waals surface area contributed by atoms with Crippen LogP contribution in [0.15, 0.2) is 22.7 Å². The van der Waals surface area contributed by atoms with Gasteiger partial charge in [-0.2, -0.15) is 5.10 Å². The highest BCUT2D eigenvalue weighted by molar-refractivity contribution is 9.10. The van der Waals surface area contributed by atoms with Crippen molar-refractivity contribution in [2.45, 2.75) is 20.4 Å². The highest BCUT2D eigenvalue weighted by Crippen LogP contribution is 2.33. The highest BCUT2D eigenvalue weighted by atomic mass is 79.9. The van der Waals surface area contributed by atoms with Crippen LogP contribution < -0.4 is 0 Å². The first-order valence-corrected chi connectivity index (χ1v) is 6.77. The first kappa shape index (κ1) is 12.9. The molecule has 0 fully saturated rings. The number of hydrogen-bond donors (Lipinski definition) is 0. The van der Waals surface area contributed by atoms with E-state index in [4.69, 9.17) is 23.2 Å². The van der Waals surface area contributed by atoms with E-state index in [-0.39, 0.29) is 0 Å². The minimum Gasteiger partial charge on any atom is -0.268 e. The van der Waals surface area contributed by atoms with E-state index in [1.807, 2.05) is 23.7 Å². The number of nitrogens with zero attached hydrogens (tertiary/aromatic N) is 2. The Kier molecular flexibility index (Phi) is 3.81. The third kappa shape index (κ3) is 2.37. The van der Waals surface area contributed by atoms with Gasteiger partial charge in [-0.3, -0.25) is 4.68 Å². The van der Waals surface area contributed by atoms with E-state index in [1.165, 1.54) is 0 Å². The van der Waals surface area contributed by atoms with Crippen LogP contribution in [0.1, 0.15) is 12.6 Å². The number of aryl methyl sites for hydroxylation is 1. The Labute approximate surface area is 119 Å².